The van der Waals surface area contributed by atoms with Crippen molar-refractivity contribution in [1.82, 2.24) is 10.2 Å². The number of nitrogens with zero attached hydrogens (tertiary/aromatic N) is 2. The monoisotopic (exact) mass is 227 g/mol. The van der Waals surface area contributed by atoms with E-state index in [1.165, 1.54) is 6.42 Å². The van der Waals surface area contributed by atoms with E-state index in [1.54, 1.807) is 7.11 Å². The molecule has 0 bridgehead atoms. The quantitative estimate of drug-likeness (QED) is 0.579. The fraction of sp³-hybridized carbons (Fsp3) is 0.917. The summed E-state index contributed by atoms with van der Waals surface area (Å²) in [5.41, 5.74) is 0. The van der Waals surface area contributed by atoms with Crippen LogP contribution in [-0.4, -0.2) is 51.3 Å². The van der Waals surface area contributed by atoms with Gasteiger partial charge < -0.3 is 15.0 Å². The van der Waals surface area contributed by atoms with Crippen molar-refractivity contribution in [2.45, 2.75) is 20.3 Å². The van der Waals surface area contributed by atoms with E-state index in [4.69, 9.17) is 4.74 Å². The molecule has 0 aromatic heterocycles. The highest BCUT2D eigenvalue weighted by Gasteiger charge is 2.24. The molecule has 4 nitrogen and oxygen atoms in total. The first kappa shape index (κ1) is 13.3. The molecule has 4 heteroatoms. The number of methoxy groups -OCH3 is 1. The molecular formula is C12H25N3O. The molecule has 1 unspecified atom stereocenters. The number of aliphatic imine (C=N–C) groups is 1. The minimum atomic E-state index is 0.647. The maximum atomic E-state index is 5.20. The topological polar surface area (TPSA) is 36.9 Å². The Hall–Kier alpha value is -0.770. The van der Waals surface area contributed by atoms with Crippen LogP contribution < -0.4 is 5.32 Å². The maximum absolute atomic E-state index is 5.20. The van der Waals surface area contributed by atoms with Gasteiger partial charge in [-0.3, -0.25) is 4.99 Å². The largest absolute Gasteiger partial charge is 0.384 e. The number of ether oxygens (including phenoxy) is 1. The molecule has 0 amide bonds. The zero-order valence-corrected chi connectivity index (χ0v) is 11.0. The highest BCUT2D eigenvalue weighted by atomic mass is 16.5. The minimum Gasteiger partial charge on any atom is -0.384 e. The third-order valence-electron chi connectivity index (χ3n) is 2.87. The van der Waals surface area contributed by atoms with Crippen molar-refractivity contribution in [3.63, 3.8) is 0 Å². The van der Waals surface area contributed by atoms with Crippen molar-refractivity contribution in [2.75, 3.05) is 40.4 Å². The Kier molecular flexibility index (Phi) is 5.60. The summed E-state index contributed by atoms with van der Waals surface area (Å²) >= 11 is 0. The second kappa shape index (κ2) is 6.74. The average Bonchev–Trinajstić information content (AvgIpc) is 2.68. The Labute approximate surface area is 99.1 Å². The van der Waals surface area contributed by atoms with Crippen LogP contribution >= 0.6 is 0 Å². The van der Waals surface area contributed by atoms with Crippen molar-refractivity contribution in [2.24, 2.45) is 16.8 Å². The zero-order chi connectivity index (χ0) is 12.0. The smallest absolute Gasteiger partial charge is 0.193 e. The van der Waals surface area contributed by atoms with Gasteiger partial charge in [0.1, 0.15) is 0 Å². The SMILES string of the molecule is CN=C(NCC(C)C)N1CCC(COC)C1. The molecule has 1 heterocycles. The van der Waals surface area contributed by atoms with Gasteiger partial charge >= 0.3 is 0 Å². The molecule has 1 fully saturated rings. The lowest BCUT2D eigenvalue weighted by atomic mass is 10.1. The van der Waals surface area contributed by atoms with Crippen LogP contribution in [0.1, 0.15) is 20.3 Å². The summed E-state index contributed by atoms with van der Waals surface area (Å²) in [7, 11) is 3.63. The summed E-state index contributed by atoms with van der Waals surface area (Å²) in [6.45, 7) is 8.41. The molecule has 1 atom stereocenters. The van der Waals surface area contributed by atoms with E-state index < -0.39 is 0 Å². The third kappa shape index (κ3) is 4.00. The number of rotatable bonds is 4. The summed E-state index contributed by atoms with van der Waals surface area (Å²) in [4.78, 5) is 6.65. The van der Waals surface area contributed by atoms with Gasteiger partial charge in [0.2, 0.25) is 0 Å². The van der Waals surface area contributed by atoms with E-state index in [1.807, 2.05) is 7.05 Å². The molecule has 94 valence electrons. The minimum absolute atomic E-state index is 0.647. The first-order valence-electron chi connectivity index (χ1n) is 6.12. The second-order valence-electron chi connectivity index (χ2n) is 4.88. The molecule has 0 aromatic rings. The van der Waals surface area contributed by atoms with Crippen molar-refractivity contribution in [1.29, 1.82) is 0 Å². The summed E-state index contributed by atoms with van der Waals surface area (Å²) in [5.74, 6) is 2.34. The van der Waals surface area contributed by atoms with E-state index >= 15 is 0 Å². The van der Waals surface area contributed by atoms with Gasteiger partial charge in [0.15, 0.2) is 5.96 Å². The molecule has 1 N–H and O–H groups in total. The van der Waals surface area contributed by atoms with Crippen LogP contribution in [0.15, 0.2) is 4.99 Å². The van der Waals surface area contributed by atoms with E-state index in [0.717, 1.165) is 32.2 Å². The first-order valence-corrected chi connectivity index (χ1v) is 6.12. The van der Waals surface area contributed by atoms with Gasteiger partial charge in [-0.1, -0.05) is 13.8 Å². The molecule has 0 saturated carbocycles. The highest BCUT2D eigenvalue weighted by Crippen LogP contribution is 2.16. The van der Waals surface area contributed by atoms with Crippen LogP contribution in [0.5, 0.6) is 0 Å². The highest BCUT2D eigenvalue weighted by molar-refractivity contribution is 5.80. The van der Waals surface area contributed by atoms with Gasteiger partial charge in [-0.25, -0.2) is 0 Å². The van der Waals surface area contributed by atoms with E-state index in [2.05, 4.69) is 29.1 Å². The predicted molar refractivity (Wildman–Crippen MR) is 67.8 cm³/mol. The van der Waals surface area contributed by atoms with Gasteiger partial charge in [-0.15, -0.1) is 0 Å². The standard InChI is InChI=1S/C12H25N3O/c1-10(2)7-14-12(13-3)15-6-5-11(8-15)9-16-4/h10-11H,5-9H2,1-4H3,(H,13,14). The zero-order valence-electron chi connectivity index (χ0n) is 11.0. The van der Waals surface area contributed by atoms with Gasteiger partial charge in [0.05, 0.1) is 6.61 Å². The second-order valence-corrected chi connectivity index (χ2v) is 4.88. The number of guanidine groups is 1. The Morgan fingerprint density at radius 3 is 2.88 bits per heavy atom. The Bertz CT molecular complexity index is 228. The lowest BCUT2D eigenvalue weighted by Gasteiger charge is -2.22. The summed E-state index contributed by atoms with van der Waals surface area (Å²) < 4.78 is 5.20. The maximum Gasteiger partial charge on any atom is 0.193 e. The Morgan fingerprint density at radius 1 is 1.56 bits per heavy atom. The fourth-order valence-corrected chi connectivity index (χ4v) is 2.02. The van der Waals surface area contributed by atoms with Crippen molar-refractivity contribution >= 4 is 5.96 Å². The average molecular weight is 227 g/mol. The molecule has 0 spiro atoms. The van der Waals surface area contributed by atoms with Crippen molar-refractivity contribution in [3.8, 4) is 0 Å². The van der Waals surface area contributed by atoms with Crippen LogP contribution in [0.4, 0.5) is 0 Å². The van der Waals surface area contributed by atoms with Crippen LogP contribution in [0.25, 0.3) is 0 Å². The van der Waals surface area contributed by atoms with Crippen LogP contribution in [0, 0.1) is 11.8 Å². The number of nitrogens with one attached hydrogen (secondary N) is 1. The Morgan fingerprint density at radius 2 is 2.31 bits per heavy atom. The number of hydrogen-bond donors (Lipinski definition) is 1. The molecular weight excluding hydrogens is 202 g/mol. The van der Waals surface area contributed by atoms with Crippen LogP contribution in [-0.2, 0) is 4.74 Å². The van der Waals surface area contributed by atoms with E-state index in [9.17, 15) is 0 Å². The Balaban J connectivity index is 2.38. The summed E-state index contributed by atoms with van der Waals surface area (Å²) in [6.07, 6.45) is 1.20. The molecule has 1 aliphatic heterocycles. The molecule has 1 aliphatic rings. The molecule has 0 aliphatic carbocycles. The summed E-state index contributed by atoms with van der Waals surface area (Å²) in [6, 6.07) is 0. The molecule has 1 saturated heterocycles. The first-order chi connectivity index (χ1) is 7.67. The van der Waals surface area contributed by atoms with Gasteiger partial charge in [0, 0.05) is 39.7 Å². The van der Waals surface area contributed by atoms with Crippen molar-refractivity contribution < 1.29 is 4.74 Å². The van der Waals surface area contributed by atoms with Gasteiger partial charge in [-0.2, -0.15) is 0 Å². The van der Waals surface area contributed by atoms with Crippen molar-refractivity contribution in [3.05, 3.63) is 0 Å². The molecule has 0 aromatic carbocycles. The molecule has 0 radical (unpaired) electrons. The predicted octanol–water partition coefficient (Wildman–Crippen LogP) is 1.19. The van der Waals surface area contributed by atoms with Gasteiger partial charge in [0.25, 0.3) is 0 Å². The van der Waals surface area contributed by atoms with E-state index in [-0.39, 0.29) is 0 Å². The van der Waals surface area contributed by atoms with E-state index in [0.29, 0.717) is 11.8 Å². The van der Waals surface area contributed by atoms with Gasteiger partial charge in [-0.05, 0) is 12.3 Å². The number of hydrogen-bond acceptors (Lipinski definition) is 2. The van der Waals surface area contributed by atoms with Crippen LogP contribution in [0.2, 0.25) is 0 Å². The lowest BCUT2D eigenvalue weighted by molar-refractivity contribution is 0.157. The molecule has 1 rings (SSSR count). The van der Waals surface area contributed by atoms with Crippen LogP contribution in [0.3, 0.4) is 0 Å². The lowest BCUT2D eigenvalue weighted by Crippen LogP contribution is -2.41. The summed E-state index contributed by atoms with van der Waals surface area (Å²) in [5, 5.41) is 3.41. The normalized spacial score (nSPS) is 21.9. The third-order valence-corrected chi connectivity index (χ3v) is 2.87. The number of likely N-dealkylation sites (tertiary alicyclic amines) is 1. The fourth-order valence-electron chi connectivity index (χ4n) is 2.02. The molecule has 16 heavy (non-hydrogen) atoms.